The minimum absolute atomic E-state index is 0.135. The highest BCUT2D eigenvalue weighted by molar-refractivity contribution is 9.11. The largest absolute Gasteiger partial charge is 0.496 e. The van der Waals surface area contributed by atoms with Crippen LogP contribution in [0.4, 0.5) is 0 Å². The van der Waals surface area contributed by atoms with Gasteiger partial charge >= 0.3 is 0 Å². The summed E-state index contributed by atoms with van der Waals surface area (Å²) >= 11 is 6.74. The molecule has 0 saturated heterocycles. The fourth-order valence-corrected chi connectivity index (χ4v) is 2.58. The average molecular weight is 399 g/mol. The van der Waals surface area contributed by atoms with E-state index in [4.69, 9.17) is 4.74 Å². The third-order valence-corrected chi connectivity index (χ3v) is 3.99. The first-order valence-corrected chi connectivity index (χ1v) is 7.55. The number of carbonyl (C=O) groups excluding carboxylic acids is 1. The van der Waals surface area contributed by atoms with Crippen LogP contribution in [0.15, 0.2) is 51.4 Å². The zero-order valence-electron chi connectivity index (χ0n) is 10.8. The fraction of sp³-hybridized carbons (Fsp3) is 0.133. The van der Waals surface area contributed by atoms with E-state index in [2.05, 4.69) is 37.2 Å². The maximum atomic E-state index is 12.2. The van der Waals surface area contributed by atoms with E-state index in [9.17, 15) is 4.79 Å². The molecule has 5 heteroatoms. The van der Waals surface area contributed by atoms with Crippen LogP contribution in [-0.4, -0.2) is 13.0 Å². The highest BCUT2D eigenvalue weighted by atomic mass is 79.9. The minimum Gasteiger partial charge on any atom is -0.496 e. The molecule has 0 aliphatic heterocycles. The number of halogens is 2. The van der Waals surface area contributed by atoms with Crippen molar-refractivity contribution in [3.05, 3.63) is 62.5 Å². The maximum absolute atomic E-state index is 12.2. The van der Waals surface area contributed by atoms with E-state index in [1.165, 1.54) is 0 Å². The number of benzene rings is 2. The standard InChI is InChI=1S/C15H13Br2NO2/c1-20-14-5-3-2-4-10(14)9-18-15(19)12-8-11(16)6-7-13(12)17/h2-8H,9H2,1H3,(H,18,19). The first kappa shape index (κ1) is 15.1. The van der Waals surface area contributed by atoms with E-state index in [-0.39, 0.29) is 5.91 Å². The van der Waals surface area contributed by atoms with Gasteiger partial charge in [-0.1, -0.05) is 34.1 Å². The second-order valence-corrected chi connectivity index (χ2v) is 5.89. The van der Waals surface area contributed by atoms with Crippen molar-refractivity contribution in [2.24, 2.45) is 0 Å². The van der Waals surface area contributed by atoms with Crippen LogP contribution in [0, 0.1) is 0 Å². The van der Waals surface area contributed by atoms with Crippen molar-refractivity contribution in [1.29, 1.82) is 0 Å². The number of rotatable bonds is 4. The summed E-state index contributed by atoms with van der Waals surface area (Å²) in [6, 6.07) is 13.1. The number of hydrogen-bond donors (Lipinski definition) is 1. The molecule has 0 atom stereocenters. The molecule has 0 heterocycles. The second kappa shape index (κ2) is 6.90. The summed E-state index contributed by atoms with van der Waals surface area (Å²) in [5, 5.41) is 2.89. The van der Waals surface area contributed by atoms with Crippen LogP contribution >= 0.6 is 31.9 Å². The maximum Gasteiger partial charge on any atom is 0.252 e. The molecule has 3 nitrogen and oxygen atoms in total. The minimum atomic E-state index is -0.135. The molecule has 0 aliphatic rings. The predicted octanol–water partition coefficient (Wildman–Crippen LogP) is 4.15. The van der Waals surface area contributed by atoms with E-state index < -0.39 is 0 Å². The third kappa shape index (κ3) is 3.61. The average Bonchev–Trinajstić information content (AvgIpc) is 2.47. The predicted molar refractivity (Wildman–Crippen MR) is 86.0 cm³/mol. The van der Waals surface area contributed by atoms with E-state index in [0.29, 0.717) is 12.1 Å². The van der Waals surface area contributed by atoms with Gasteiger partial charge in [-0.2, -0.15) is 0 Å². The Morgan fingerprint density at radius 1 is 1.20 bits per heavy atom. The molecule has 0 saturated carbocycles. The van der Waals surface area contributed by atoms with Crippen LogP contribution in [0.3, 0.4) is 0 Å². The van der Waals surface area contributed by atoms with Crippen molar-refractivity contribution in [2.75, 3.05) is 7.11 Å². The number of ether oxygens (including phenoxy) is 1. The number of methoxy groups -OCH3 is 1. The van der Waals surface area contributed by atoms with Crippen molar-refractivity contribution in [3.8, 4) is 5.75 Å². The lowest BCUT2D eigenvalue weighted by atomic mass is 10.2. The van der Waals surface area contributed by atoms with Crippen LogP contribution in [0.5, 0.6) is 5.75 Å². The van der Waals surface area contributed by atoms with Gasteiger partial charge in [-0.05, 0) is 40.2 Å². The Labute approximate surface area is 134 Å². The Hall–Kier alpha value is -1.33. The molecule has 1 N–H and O–H groups in total. The summed E-state index contributed by atoms with van der Waals surface area (Å²) in [7, 11) is 1.62. The number of nitrogens with one attached hydrogen (secondary N) is 1. The van der Waals surface area contributed by atoms with Gasteiger partial charge < -0.3 is 10.1 Å². The van der Waals surface area contributed by atoms with E-state index in [1.807, 2.05) is 36.4 Å². The van der Waals surface area contributed by atoms with Gasteiger partial charge in [-0.25, -0.2) is 0 Å². The quantitative estimate of drug-likeness (QED) is 0.839. The second-order valence-electron chi connectivity index (χ2n) is 4.12. The molecule has 2 aromatic carbocycles. The molecule has 0 fully saturated rings. The topological polar surface area (TPSA) is 38.3 Å². The fourth-order valence-electron chi connectivity index (χ4n) is 1.79. The Morgan fingerprint density at radius 2 is 1.95 bits per heavy atom. The molecule has 0 unspecified atom stereocenters. The van der Waals surface area contributed by atoms with Crippen molar-refractivity contribution in [1.82, 2.24) is 5.32 Å². The van der Waals surface area contributed by atoms with Crippen LogP contribution in [0.1, 0.15) is 15.9 Å². The summed E-state index contributed by atoms with van der Waals surface area (Å²) < 4.78 is 6.88. The SMILES string of the molecule is COc1ccccc1CNC(=O)c1cc(Br)ccc1Br. The monoisotopic (exact) mass is 397 g/mol. The normalized spacial score (nSPS) is 10.2. The number of carbonyl (C=O) groups is 1. The zero-order valence-corrected chi connectivity index (χ0v) is 14.0. The van der Waals surface area contributed by atoms with Gasteiger partial charge in [-0.15, -0.1) is 0 Å². The molecule has 2 aromatic rings. The molecule has 0 aromatic heterocycles. The van der Waals surface area contributed by atoms with Gasteiger partial charge in [0.2, 0.25) is 0 Å². The first-order chi connectivity index (χ1) is 9.61. The summed E-state index contributed by atoms with van der Waals surface area (Å²) in [5.41, 5.74) is 1.53. The van der Waals surface area contributed by atoms with Gasteiger partial charge in [0.1, 0.15) is 5.75 Å². The molecule has 0 aliphatic carbocycles. The summed E-state index contributed by atoms with van der Waals surface area (Å²) in [4.78, 5) is 12.2. The molecule has 2 rings (SSSR count). The van der Waals surface area contributed by atoms with Crippen LogP contribution < -0.4 is 10.1 Å². The van der Waals surface area contributed by atoms with Gasteiger partial charge in [0, 0.05) is 21.1 Å². The van der Waals surface area contributed by atoms with Crippen molar-refractivity contribution < 1.29 is 9.53 Å². The molecular formula is C15H13Br2NO2. The lowest BCUT2D eigenvalue weighted by molar-refractivity contribution is 0.0950. The van der Waals surface area contributed by atoms with Gasteiger partial charge in [0.05, 0.1) is 12.7 Å². The molecule has 0 radical (unpaired) electrons. The molecule has 20 heavy (non-hydrogen) atoms. The summed E-state index contributed by atoms with van der Waals surface area (Å²) in [6.45, 7) is 0.418. The number of para-hydroxylation sites is 1. The molecule has 0 spiro atoms. The Kier molecular flexibility index (Phi) is 5.20. The van der Waals surface area contributed by atoms with Crippen molar-refractivity contribution >= 4 is 37.8 Å². The van der Waals surface area contributed by atoms with E-state index in [1.54, 1.807) is 13.2 Å². The van der Waals surface area contributed by atoms with Gasteiger partial charge in [0.25, 0.3) is 5.91 Å². The van der Waals surface area contributed by atoms with E-state index >= 15 is 0 Å². The number of amides is 1. The lowest BCUT2D eigenvalue weighted by Gasteiger charge is -2.10. The number of hydrogen-bond acceptors (Lipinski definition) is 2. The van der Waals surface area contributed by atoms with Crippen molar-refractivity contribution in [3.63, 3.8) is 0 Å². The zero-order chi connectivity index (χ0) is 14.5. The summed E-state index contributed by atoms with van der Waals surface area (Å²) in [5.74, 6) is 0.630. The van der Waals surface area contributed by atoms with Gasteiger partial charge in [0.15, 0.2) is 0 Å². The molecule has 104 valence electrons. The lowest BCUT2D eigenvalue weighted by Crippen LogP contribution is -2.23. The molecule has 0 bridgehead atoms. The van der Waals surface area contributed by atoms with E-state index in [0.717, 1.165) is 20.3 Å². The van der Waals surface area contributed by atoms with Crippen molar-refractivity contribution in [2.45, 2.75) is 6.54 Å². The van der Waals surface area contributed by atoms with Crippen LogP contribution in [-0.2, 0) is 6.54 Å². The Balaban J connectivity index is 2.11. The molecule has 1 amide bonds. The third-order valence-electron chi connectivity index (χ3n) is 2.80. The highest BCUT2D eigenvalue weighted by Crippen LogP contribution is 2.22. The van der Waals surface area contributed by atoms with Gasteiger partial charge in [-0.3, -0.25) is 4.79 Å². The smallest absolute Gasteiger partial charge is 0.252 e. The van der Waals surface area contributed by atoms with Crippen LogP contribution in [0.25, 0.3) is 0 Å². The highest BCUT2D eigenvalue weighted by Gasteiger charge is 2.11. The molecular weight excluding hydrogens is 386 g/mol. The first-order valence-electron chi connectivity index (χ1n) is 5.97. The van der Waals surface area contributed by atoms with Crippen LogP contribution in [0.2, 0.25) is 0 Å². The summed E-state index contributed by atoms with van der Waals surface area (Å²) in [6.07, 6.45) is 0. The Bertz CT molecular complexity index is 629. The Morgan fingerprint density at radius 3 is 2.70 bits per heavy atom.